The second-order valence-corrected chi connectivity index (χ2v) is 11.0. The van der Waals surface area contributed by atoms with E-state index in [0.717, 1.165) is 11.1 Å². The monoisotopic (exact) mass is 503 g/mol. The molecule has 0 bridgehead atoms. The molecule has 0 spiro atoms. The molecular weight excluding hydrogens is 470 g/mol. The van der Waals surface area contributed by atoms with Crippen LogP contribution in [0.25, 0.3) is 0 Å². The van der Waals surface area contributed by atoms with Crippen molar-refractivity contribution < 1.29 is 22.8 Å². The second-order valence-electron chi connectivity index (χ2n) is 9.25. The van der Waals surface area contributed by atoms with Gasteiger partial charge in [0.05, 0.1) is 11.3 Å². The Balaban J connectivity index is 2.04. The normalized spacial score (nSPS) is 12.5. The first-order chi connectivity index (χ1) is 16.3. The first-order valence-electron chi connectivity index (χ1n) is 11.2. The van der Waals surface area contributed by atoms with Crippen molar-refractivity contribution in [2.24, 2.45) is 0 Å². The lowest BCUT2D eigenvalue weighted by atomic mass is 10.1. The zero-order valence-electron chi connectivity index (χ0n) is 20.6. The molecule has 2 rings (SSSR count). The molecule has 2 aromatic rings. The highest BCUT2D eigenvalue weighted by atomic mass is 32.2. The summed E-state index contributed by atoms with van der Waals surface area (Å²) < 4.78 is 28.0. The summed E-state index contributed by atoms with van der Waals surface area (Å²) in [5.74, 6) is -1.57. The van der Waals surface area contributed by atoms with E-state index in [9.17, 15) is 22.8 Å². The zero-order chi connectivity index (χ0) is 26.2. The number of pyridine rings is 1. The Morgan fingerprint density at radius 1 is 0.943 bits per heavy atom. The molecule has 35 heavy (non-hydrogen) atoms. The number of nitrogens with zero attached hydrogens (tertiary/aromatic N) is 1. The fourth-order valence-electron chi connectivity index (χ4n) is 3.05. The van der Waals surface area contributed by atoms with Crippen LogP contribution >= 0.6 is 0 Å². The van der Waals surface area contributed by atoms with Crippen LogP contribution in [0.3, 0.4) is 0 Å². The molecule has 3 amide bonds. The van der Waals surface area contributed by atoms with Gasteiger partial charge in [-0.3, -0.25) is 19.4 Å². The third-order valence-corrected chi connectivity index (χ3v) is 6.19. The van der Waals surface area contributed by atoms with Crippen molar-refractivity contribution in [1.82, 2.24) is 25.7 Å². The predicted octanol–water partition coefficient (Wildman–Crippen LogP) is 1.20. The van der Waals surface area contributed by atoms with Crippen LogP contribution in [-0.2, 0) is 19.6 Å². The van der Waals surface area contributed by atoms with Crippen LogP contribution in [0.2, 0.25) is 0 Å². The summed E-state index contributed by atoms with van der Waals surface area (Å²) in [5, 5.41) is 7.93. The number of carbonyl (C=O) groups is 3. The van der Waals surface area contributed by atoms with E-state index in [1.807, 2.05) is 13.8 Å². The van der Waals surface area contributed by atoms with E-state index in [1.165, 1.54) is 18.3 Å². The SMILES string of the molecule is Cc1ccc(S(=O)(=O)N[C@@H](CC(=O)NC(C)(C)C)C(=O)NCCNC(=O)c2cc(C)ccn2)cc1. The van der Waals surface area contributed by atoms with E-state index < -0.39 is 45.7 Å². The van der Waals surface area contributed by atoms with E-state index in [1.54, 1.807) is 45.0 Å². The highest BCUT2D eigenvalue weighted by molar-refractivity contribution is 7.89. The van der Waals surface area contributed by atoms with Gasteiger partial charge in [-0.25, -0.2) is 8.42 Å². The number of aryl methyl sites for hydroxylation is 2. The number of amides is 3. The fraction of sp³-hybridized carbons (Fsp3) is 0.417. The summed E-state index contributed by atoms with van der Waals surface area (Å²) in [6.45, 7) is 9.12. The molecule has 0 saturated heterocycles. The molecule has 0 unspecified atom stereocenters. The van der Waals surface area contributed by atoms with Crippen molar-refractivity contribution in [1.29, 1.82) is 0 Å². The third kappa shape index (κ3) is 9.45. The van der Waals surface area contributed by atoms with Crippen LogP contribution in [0.5, 0.6) is 0 Å². The second kappa shape index (κ2) is 11.9. The summed E-state index contributed by atoms with van der Waals surface area (Å²) in [6.07, 6.45) is 1.13. The lowest BCUT2D eigenvalue weighted by Gasteiger charge is -2.23. The van der Waals surface area contributed by atoms with Crippen LogP contribution in [0.15, 0.2) is 47.5 Å². The van der Waals surface area contributed by atoms with Crippen molar-refractivity contribution in [2.45, 2.75) is 57.5 Å². The molecule has 0 saturated carbocycles. The summed E-state index contributed by atoms with van der Waals surface area (Å²) in [6, 6.07) is 8.19. The smallest absolute Gasteiger partial charge is 0.269 e. The Labute approximate surface area is 206 Å². The van der Waals surface area contributed by atoms with Gasteiger partial charge >= 0.3 is 0 Å². The van der Waals surface area contributed by atoms with Gasteiger partial charge < -0.3 is 16.0 Å². The standard InChI is InChI=1S/C24H33N5O5S/c1-16-6-8-18(9-7-16)35(33,34)29-20(15-21(30)28-24(3,4)5)23(32)27-13-12-26-22(31)19-14-17(2)10-11-25-19/h6-11,14,20,29H,12-13,15H2,1-5H3,(H,26,31)(H,27,32)(H,28,30)/t20-/m0/s1. The first-order valence-corrected chi connectivity index (χ1v) is 12.6. The highest BCUT2D eigenvalue weighted by Crippen LogP contribution is 2.12. The molecule has 1 aromatic carbocycles. The number of sulfonamides is 1. The molecule has 11 heteroatoms. The zero-order valence-corrected chi connectivity index (χ0v) is 21.5. The largest absolute Gasteiger partial charge is 0.353 e. The number of aromatic nitrogens is 1. The number of hydrogen-bond acceptors (Lipinski definition) is 6. The van der Waals surface area contributed by atoms with Gasteiger partial charge in [-0.15, -0.1) is 0 Å². The molecule has 1 heterocycles. The van der Waals surface area contributed by atoms with E-state index in [4.69, 9.17) is 0 Å². The van der Waals surface area contributed by atoms with Gasteiger partial charge in [0.15, 0.2) is 0 Å². The molecular formula is C24H33N5O5S. The maximum atomic E-state index is 12.8. The number of rotatable bonds is 10. The van der Waals surface area contributed by atoms with Crippen molar-refractivity contribution in [3.63, 3.8) is 0 Å². The topological polar surface area (TPSA) is 146 Å². The molecule has 1 atom stereocenters. The molecule has 1 aromatic heterocycles. The molecule has 10 nitrogen and oxygen atoms in total. The lowest BCUT2D eigenvalue weighted by molar-refractivity contribution is -0.128. The van der Waals surface area contributed by atoms with Crippen LogP contribution in [0.1, 0.15) is 48.8 Å². The van der Waals surface area contributed by atoms with Crippen LogP contribution in [0, 0.1) is 13.8 Å². The summed E-state index contributed by atoms with van der Waals surface area (Å²) in [5.41, 5.74) is 1.46. The number of hydrogen-bond donors (Lipinski definition) is 4. The van der Waals surface area contributed by atoms with Gasteiger partial charge in [0.2, 0.25) is 21.8 Å². The maximum absolute atomic E-state index is 12.8. The van der Waals surface area contributed by atoms with Crippen LogP contribution in [0.4, 0.5) is 0 Å². The third-order valence-electron chi connectivity index (χ3n) is 4.71. The molecule has 4 N–H and O–H groups in total. The number of nitrogens with one attached hydrogen (secondary N) is 4. The van der Waals surface area contributed by atoms with Crippen molar-refractivity contribution in [2.75, 3.05) is 13.1 Å². The van der Waals surface area contributed by atoms with E-state index in [0.29, 0.717) is 0 Å². The Bertz CT molecular complexity index is 1160. The van der Waals surface area contributed by atoms with Gasteiger partial charge in [0.1, 0.15) is 11.7 Å². The fourth-order valence-corrected chi connectivity index (χ4v) is 4.25. The minimum absolute atomic E-state index is 0.0185. The predicted molar refractivity (Wildman–Crippen MR) is 132 cm³/mol. The summed E-state index contributed by atoms with van der Waals surface area (Å²) in [7, 11) is -4.06. The van der Waals surface area contributed by atoms with Gasteiger partial charge in [-0.05, 0) is 64.4 Å². The van der Waals surface area contributed by atoms with Gasteiger partial charge in [-0.1, -0.05) is 17.7 Å². The van der Waals surface area contributed by atoms with Crippen molar-refractivity contribution >= 4 is 27.7 Å². The van der Waals surface area contributed by atoms with Gasteiger partial charge in [0.25, 0.3) is 5.91 Å². The molecule has 0 aliphatic carbocycles. The Morgan fingerprint density at radius 2 is 1.57 bits per heavy atom. The van der Waals surface area contributed by atoms with E-state index in [-0.39, 0.29) is 23.7 Å². The summed E-state index contributed by atoms with van der Waals surface area (Å²) >= 11 is 0. The highest BCUT2D eigenvalue weighted by Gasteiger charge is 2.29. The number of benzene rings is 1. The summed E-state index contributed by atoms with van der Waals surface area (Å²) in [4.78, 5) is 41.4. The quantitative estimate of drug-likeness (QED) is 0.358. The van der Waals surface area contributed by atoms with Crippen LogP contribution < -0.4 is 20.7 Å². The Hall–Kier alpha value is -3.31. The van der Waals surface area contributed by atoms with Crippen molar-refractivity contribution in [3.05, 3.63) is 59.4 Å². The lowest BCUT2D eigenvalue weighted by Crippen LogP contribution is -2.51. The van der Waals surface area contributed by atoms with Crippen molar-refractivity contribution in [3.8, 4) is 0 Å². The Morgan fingerprint density at radius 3 is 2.17 bits per heavy atom. The molecule has 0 radical (unpaired) electrons. The first kappa shape index (κ1) is 27.9. The molecule has 190 valence electrons. The average molecular weight is 504 g/mol. The van der Waals surface area contributed by atoms with Gasteiger partial charge in [-0.2, -0.15) is 4.72 Å². The molecule has 0 aliphatic heterocycles. The molecule has 0 fully saturated rings. The average Bonchev–Trinajstić information content (AvgIpc) is 2.74. The van der Waals surface area contributed by atoms with E-state index >= 15 is 0 Å². The minimum atomic E-state index is -4.06. The number of carbonyl (C=O) groups excluding carboxylic acids is 3. The van der Waals surface area contributed by atoms with Crippen LogP contribution in [-0.4, -0.2) is 55.8 Å². The minimum Gasteiger partial charge on any atom is -0.353 e. The Kier molecular flexibility index (Phi) is 9.49. The van der Waals surface area contributed by atoms with E-state index in [2.05, 4.69) is 25.7 Å². The maximum Gasteiger partial charge on any atom is 0.269 e. The molecule has 0 aliphatic rings. The van der Waals surface area contributed by atoms with Gasteiger partial charge in [0, 0.05) is 24.8 Å².